The SMILES string of the molecule is O=C(Cc1ccccc1Cl)NCc1nc2ccccc2o1. The van der Waals surface area contributed by atoms with E-state index >= 15 is 0 Å². The van der Waals surface area contributed by atoms with Gasteiger partial charge >= 0.3 is 0 Å². The minimum Gasteiger partial charge on any atom is -0.439 e. The molecule has 2 aromatic carbocycles. The number of fused-ring (bicyclic) bond motifs is 1. The number of aromatic nitrogens is 1. The van der Waals surface area contributed by atoms with Crippen LogP contribution in [0.2, 0.25) is 5.02 Å². The highest BCUT2D eigenvalue weighted by Gasteiger charge is 2.09. The number of nitrogens with zero attached hydrogens (tertiary/aromatic N) is 1. The van der Waals surface area contributed by atoms with Crippen LogP contribution >= 0.6 is 11.6 Å². The molecule has 1 heterocycles. The van der Waals surface area contributed by atoms with Gasteiger partial charge in [0.25, 0.3) is 0 Å². The second-order valence-corrected chi connectivity index (χ2v) is 5.03. The van der Waals surface area contributed by atoms with Gasteiger partial charge in [-0.05, 0) is 23.8 Å². The molecule has 5 heteroatoms. The van der Waals surface area contributed by atoms with Crippen LogP contribution in [-0.4, -0.2) is 10.9 Å². The van der Waals surface area contributed by atoms with Gasteiger partial charge in [0, 0.05) is 5.02 Å². The molecule has 0 radical (unpaired) electrons. The fraction of sp³-hybridized carbons (Fsp3) is 0.125. The average Bonchev–Trinajstić information content (AvgIpc) is 2.90. The van der Waals surface area contributed by atoms with Crippen molar-refractivity contribution >= 4 is 28.6 Å². The zero-order chi connectivity index (χ0) is 14.7. The van der Waals surface area contributed by atoms with E-state index in [1.165, 1.54) is 0 Å². The molecule has 0 fully saturated rings. The first-order valence-electron chi connectivity index (χ1n) is 6.57. The summed E-state index contributed by atoms with van der Waals surface area (Å²) < 4.78 is 5.54. The third-order valence-corrected chi connectivity index (χ3v) is 3.45. The lowest BCUT2D eigenvalue weighted by atomic mass is 10.1. The van der Waals surface area contributed by atoms with E-state index in [0.717, 1.165) is 11.1 Å². The lowest BCUT2D eigenvalue weighted by Gasteiger charge is -2.04. The summed E-state index contributed by atoms with van der Waals surface area (Å²) in [5, 5.41) is 3.37. The van der Waals surface area contributed by atoms with Crippen LogP contribution < -0.4 is 5.32 Å². The molecule has 0 unspecified atom stereocenters. The zero-order valence-corrected chi connectivity index (χ0v) is 11.9. The topological polar surface area (TPSA) is 55.1 Å². The van der Waals surface area contributed by atoms with Crippen LogP contribution in [0.5, 0.6) is 0 Å². The molecule has 0 bridgehead atoms. The number of halogens is 1. The Morgan fingerprint density at radius 3 is 2.71 bits per heavy atom. The molecule has 0 atom stereocenters. The number of hydrogen-bond donors (Lipinski definition) is 1. The van der Waals surface area contributed by atoms with E-state index in [0.29, 0.717) is 16.5 Å². The van der Waals surface area contributed by atoms with Crippen LogP contribution in [0.3, 0.4) is 0 Å². The summed E-state index contributed by atoms with van der Waals surface area (Å²) >= 11 is 6.03. The molecule has 106 valence electrons. The predicted molar refractivity (Wildman–Crippen MR) is 81.0 cm³/mol. The van der Waals surface area contributed by atoms with Crippen LogP contribution in [0.4, 0.5) is 0 Å². The highest BCUT2D eigenvalue weighted by molar-refractivity contribution is 6.31. The lowest BCUT2D eigenvalue weighted by molar-refractivity contribution is -0.120. The zero-order valence-electron chi connectivity index (χ0n) is 11.2. The molecule has 21 heavy (non-hydrogen) atoms. The maximum atomic E-state index is 11.9. The summed E-state index contributed by atoms with van der Waals surface area (Å²) in [6.45, 7) is 0.262. The maximum absolute atomic E-state index is 11.9. The number of amides is 1. The standard InChI is InChI=1S/C16H13ClN2O2/c17-12-6-2-1-5-11(12)9-15(20)18-10-16-19-13-7-3-4-8-14(13)21-16/h1-8H,9-10H2,(H,18,20). The Morgan fingerprint density at radius 2 is 1.90 bits per heavy atom. The van der Waals surface area contributed by atoms with Gasteiger partial charge in [-0.2, -0.15) is 0 Å². The number of carbonyl (C=O) groups excluding carboxylic acids is 1. The number of benzene rings is 2. The van der Waals surface area contributed by atoms with Crippen LogP contribution in [0.1, 0.15) is 11.5 Å². The van der Waals surface area contributed by atoms with Crippen molar-refractivity contribution in [2.75, 3.05) is 0 Å². The molecule has 0 saturated carbocycles. The van der Waals surface area contributed by atoms with Crippen molar-refractivity contribution in [1.29, 1.82) is 0 Å². The molecule has 0 aliphatic heterocycles. The second kappa shape index (κ2) is 5.97. The first-order valence-corrected chi connectivity index (χ1v) is 6.95. The fourth-order valence-electron chi connectivity index (χ4n) is 2.05. The number of nitrogens with one attached hydrogen (secondary N) is 1. The lowest BCUT2D eigenvalue weighted by Crippen LogP contribution is -2.24. The van der Waals surface area contributed by atoms with Crippen molar-refractivity contribution in [3.63, 3.8) is 0 Å². The first kappa shape index (κ1) is 13.6. The van der Waals surface area contributed by atoms with Crippen LogP contribution in [0, 0.1) is 0 Å². The minimum absolute atomic E-state index is 0.120. The Bertz CT molecular complexity index is 750. The highest BCUT2D eigenvalue weighted by Crippen LogP contribution is 2.16. The summed E-state index contributed by atoms with van der Waals surface area (Å²) in [5.74, 6) is 0.370. The first-order chi connectivity index (χ1) is 10.2. The number of hydrogen-bond acceptors (Lipinski definition) is 3. The quantitative estimate of drug-likeness (QED) is 0.804. The molecule has 1 amide bonds. The van der Waals surface area contributed by atoms with Crippen LogP contribution in [-0.2, 0) is 17.8 Å². The molecule has 0 aliphatic rings. The monoisotopic (exact) mass is 300 g/mol. The van der Waals surface area contributed by atoms with Crippen LogP contribution in [0.25, 0.3) is 11.1 Å². The van der Waals surface area contributed by atoms with Crippen molar-refractivity contribution in [3.05, 3.63) is 65.0 Å². The van der Waals surface area contributed by atoms with E-state index in [4.69, 9.17) is 16.0 Å². The number of oxazole rings is 1. The third kappa shape index (κ3) is 3.23. The van der Waals surface area contributed by atoms with Crippen molar-refractivity contribution < 1.29 is 9.21 Å². The molecule has 3 aromatic rings. The van der Waals surface area contributed by atoms with Gasteiger partial charge in [-0.15, -0.1) is 0 Å². The number of para-hydroxylation sites is 2. The predicted octanol–water partition coefficient (Wildman–Crippen LogP) is 3.34. The largest absolute Gasteiger partial charge is 0.439 e. The molecule has 1 N–H and O–H groups in total. The van der Waals surface area contributed by atoms with Gasteiger partial charge in [0.1, 0.15) is 5.52 Å². The van der Waals surface area contributed by atoms with Gasteiger partial charge in [0.15, 0.2) is 5.58 Å². The van der Waals surface area contributed by atoms with E-state index in [1.54, 1.807) is 6.07 Å². The van der Waals surface area contributed by atoms with E-state index < -0.39 is 0 Å². The van der Waals surface area contributed by atoms with E-state index in [1.807, 2.05) is 42.5 Å². The average molecular weight is 301 g/mol. The normalized spacial score (nSPS) is 10.7. The molecule has 1 aromatic heterocycles. The smallest absolute Gasteiger partial charge is 0.224 e. The molecule has 0 saturated heterocycles. The Kier molecular flexibility index (Phi) is 3.88. The minimum atomic E-state index is -0.120. The highest BCUT2D eigenvalue weighted by atomic mass is 35.5. The van der Waals surface area contributed by atoms with Gasteiger partial charge in [-0.25, -0.2) is 4.98 Å². The third-order valence-electron chi connectivity index (χ3n) is 3.08. The number of rotatable bonds is 4. The molecule has 4 nitrogen and oxygen atoms in total. The Morgan fingerprint density at radius 1 is 1.14 bits per heavy atom. The summed E-state index contributed by atoms with van der Waals surface area (Å²) in [4.78, 5) is 16.2. The van der Waals surface area contributed by atoms with Crippen LogP contribution in [0.15, 0.2) is 52.9 Å². The van der Waals surface area contributed by atoms with E-state index in [2.05, 4.69) is 10.3 Å². The molecular formula is C16H13ClN2O2. The van der Waals surface area contributed by atoms with Gasteiger partial charge in [-0.3, -0.25) is 4.79 Å². The van der Waals surface area contributed by atoms with Crippen molar-refractivity contribution in [1.82, 2.24) is 10.3 Å². The summed E-state index contributed by atoms with van der Waals surface area (Å²) in [7, 11) is 0. The fourth-order valence-corrected chi connectivity index (χ4v) is 2.25. The summed E-state index contributed by atoms with van der Waals surface area (Å²) in [6, 6.07) is 14.8. The van der Waals surface area contributed by atoms with Gasteiger partial charge in [0.2, 0.25) is 11.8 Å². The molecule has 0 aliphatic carbocycles. The van der Waals surface area contributed by atoms with Gasteiger partial charge in [-0.1, -0.05) is 41.9 Å². The summed E-state index contributed by atoms with van der Waals surface area (Å²) in [6.07, 6.45) is 0.236. The van der Waals surface area contributed by atoms with Crippen molar-refractivity contribution in [2.45, 2.75) is 13.0 Å². The number of carbonyl (C=O) groups is 1. The van der Waals surface area contributed by atoms with Crippen molar-refractivity contribution in [3.8, 4) is 0 Å². The van der Waals surface area contributed by atoms with Gasteiger partial charge < -0.3 is 9.73 Å². The molecule has 0 spiro atoms. The summed E-state index contributed by atoms with van der Waals surface area (Å²) in [5.41, 5.74) is 2.30. The Balaban J connectivity index is 1.62. The maximum Gasteiger partial charge on any atom is 0.224 e. The Hall–Kier alpha value is -2.33. The molecular weight excluding hydrogens is 288 g/mol. The second-order valence-electron chi connectivity index (χ2n) is 4.62. The van der Waals surface area contributed by atoms with E-state index in [-0.39, 0.29) is 18.9 Å². The Labute approximate surface area is 126 Å². The molecule has 3 rings (SSSR count). The van der Waals surface area contributed by atoms with Gasteiger partial charge in [0.05, 0.1) is 13.0 Å². The van der Waals surface area contributed by atoms with E-state index in [9.17, 15) is 4.79 Å². The van der Waals surface area contributed by atoms with Crippen molar-refractivity contribution in [2.24, 2.45) is 0 Å².